The van der Waals surface area contributed by atoms with E-state index in [1.54, 1.807) is 19.2 Å². The van der Waals surface area contributed by atoms with Gasteiger partial charge in [-0.15, -0.1) is 0 Å². The third-order valence-electron chi connectivity index (χ3n) is 5.89. The number of rotatable bonds is 16. The van der Waals surface area contributed by atoms with E-state index in [2.05, 4.69) is 17.1 Å². The van der Waals surface area contributed by atoms with Gasteiger partial charge in [-0.3, -0.25) is 4.21 Å². The van der Waals surface area contributed by atoms with Gasteiger partial charge in [-0.05, 0) is 67.3 Å². The summed E-state index contributed by atoms with van der Waals surface area (Å²) in [5.41, 5.74) is 2.39. The molecule has 0 aliphatic rings. The zero-order valence-corrected chi connectivity index (χ0v) is 22.1. The van der Waals surface area contributed by atoms with Crippen LogP contribution in [0.15, 0.2) is 77.7 Å². The number of aryl methyl sites for hydroxylation is 1. The molecule has 2 aromatic carbocycles. The molecule has 1 heterocycles. The molecule has 3 rings (SSSR count). The van der Waals surface area contributed by atoms with Crippen LogP contribution in [-0.2, 0) is 27.8 Å². The minimum atomic E-state index is -1.24. The molecule has 3 aromatic rings. The van der Waals surface area contributed by atoms with Crippen LogP contribution in [0.5, 0.6) is 11.5 Å². The van der Waals surface area contributed by atoms with Crippen LogP contribution < -0.4 is 9.47 Å². The number of ether oxygens (including phenoxy) is 2. The van der Waals surface area contributed by atoms with Gasteiger partial charge in [0.15, 0.2) is 0 Å². The standard InChI is InChI=1S/C30H35NO5S/c1-35-26-17-14-24(15-18-26)11-7-4-2-3-5-10-22-36-29-20-16-25(31-28(29)19-21-30(32)33)23-37(34)27-12-8-6-9-13-27/h6,8-9,12-21H,2-5,7,10-11,22-23H2,1H3,(H,32,33)/b21-19+. The van der Waals surface area contributed by atoms with Crippen molar-refractivity contribution >= 4 is 22.8 Å². The van der Waals surface area contributed by atoms with Crippen molar-refractivity contribution in [3.05, 3.63) is 89.8 Å². The Hall–Kier alpha value is -3.45. The van der Waals surface area contributed by atoms with E-state index in [1.165, 1.54) is 30.9 Å². The highest BCUT2D eigenvalue weighted by Crippen LogP contribution is 2.21. The first-order chi connectivity index (χ1) is 18.0. The number of carboxylic acid groups (broad SMARTS) is 1. The van der Waals surface area contributed by atoms with Crippen molar-refractivity contribution in [2.45, 2.75) is 55.6 Å². The molecule has 0 spiro atoms. The van der Waals surface area contributed by atoms with Crippen molar-refractivity contribution in [3.8, 4) is 11.5 Å². The molecule has 1 N–H and O–H groups in total. The summed E-state index contributed by atoms with van der Waals surface area (Å²) in [6.45, 7) is 0.538. The summed E-state index contributed by atoms with van der Waals surface area (Å²) in [5, 5.41) is 9.04. The predicted octanol–water partition coefficient (Wildman–Crippen LogP) is 6.46. The number of unbranched alkanes of at least 4 members (excludes halogenated alkanes) is 5. The third kappa shape index (κ3) is 10.2. The number of aliphatic carboxylic acids is 1. The van der Waals surface area contributed by atoms with Gasteiger partial charge in [0.25, 0.3) is 0 Å². The van der Waals surface area contributed by atoms with E-state index in [9.17, 15) is 9.00 Å². The molecule has 1 atom stereocenters. The summed E-state index contributed by atoms with van der Waals surface area (Å²) in [5.74, 6) is 0.614. The number of hydrogen-bond acceptors (Lipinski definition) is 5. The summed E-state index contributed by atoms with van der Waals surface area (Å²) < 4.78 is 23.8. The van der Waals surface area contributed by atoms with Crippen molar-refractivity contribution in [1.82, 2.24) is 4.98 Å². The van der Waals surface area contributed by atoms with E-state index in [0.29, 0.717) is 23.7 Å². The molecule has 0 aliphatic carbocycles. The first-order valence-electron chi connectivity index (χ1n) is 12.7. The fourth-order valence-corrected chi connectivity index (χ4v) is 4.94. The summed E-state index contributed by atoms with van der Waals surface area (Å²) in [4.78, 5) is 16.3. The third-order valence-corrected chi connectivity index (χ3v) is 7.24. The van der Waals surface area contributed by atoms with Crippen LogP contribution in [0.3, 0.4) is 0 Å². The summed E-state index contributed by atoms with van der Waals surface area (Å²) in [7, 11) is 0.446. The lowest BCUT2D eigenvalue weighted by Crippen LogP contribution is -2.04. The molecular weight excluding hydrogens is 486 g/mol. The molecule has 0 bridgehead atoms. The quantitative estimate of drug-likeness (QED) is 0.172. The van der Waals surface area contributed by atoms with Crippen LogP contribution in [-0.4, -0.2) is 34.0 Å². The number of aromatic nitrogens is 1. The highest BCUT2D eigenvalue weighted by atomic mass is 32.2. The van der Waals surface area contributed by atoms with Crippen LogP contribution in [0.25, 0.3) is 6.08 Å². The summed E-state index contributed by atoms with van der Waals surface area (Å²) >= 11 is 0. The van der Waals surface area contributed by atoms with Gasteiger partial charge in [0.1, 0.15) is 17.2 Å². The van der Waals surface area contributed by atoms with E-state index in [-0.39, 0.29) is 5.75 Å². The maximum atomic E-state index is 12.6. The van der Waals surface area contributed by atoms with Crippen LogP contribution in [0.4, 0.5) is 0 Å². The Morgan fingerprint density at radius 2 is 1.62 bits per heavy atom. The van der Waals surface area contributed by atoms with Gasteiger partial charge in [-0.25, -0.2) is 9.78 Å². The first-order valence-corrected chi connectivity index (χ1v) is 14.0. The maximum absolute atomic E-state index is 12.6. The van der Waals surface area contributed by atoms with Gasteiger partial charge in [-0.1, -0.05) is 56.0 Å². The smallest absolute Gasteiger partial charge is 0.328 e. The van der Waals surface area contributed by atoms with E-state index in [1.807, 2.05) is 42.5 Å². The number of carboxylic acids is 1. The highest BCUT2D eigenvalue weighted by Gasteiger charge is 2.10. The van der Waals surface area contributed by atoms with E-state index >= 15 is 0 Å². The highest BCUT2D eigenvalue weighted by molar-refractivity contribution is 7.84. The Balaban J connectivity index is 1.40. The minimum absolute atomic E-state index is 0.247. The van der Waals surface area contributed by atoms with Gasteiger partial charge in [0.2, 0.25) is 0 Å². The second-order valence-electron chi connectivity index (χ2n) is 8.73. The van der Waals surface area contributed by atoms with Crippen LogP contribution in [0.1, 0.15) is 55.5 Å². The fraction of sp³-hybridized carbons (Fsp3) is 0.333. The molecular formula is C30H35NO5S. The Labute approximate surface area is 221 Å². The second-order valence-corrected chi connectivity index (χ2v) is 10.2. The van der Waals surface area contributed by atoms with Crippen molar-refractivity contribution in [2.24, 2.45) is 0 Å². The first kappa shape index (κ1) is 28.1. The molecule has 0 fully saturated rings. The molecule has 0 aliphatic heterocycles. The lowest BCUT2D eigenvalue weighted by Gasteiger charge is -2.11. The Bertz CT molecular complexity index is 1160. The maximum Gasteiger partial charge on any atom is 0.328 e. The molecule has 196 valence electrons. The summed E-state index contributed by atoms with van der Waals surface area (Å²) in [6, 6.07) is 21.0. The molecule has 37 heavy (non-hydrogen) atoms. The van der Waals surface area contributed by atoms with Gasteiger partial charge < -0.3 is 14.6 Å². The lowest BCUT2D eigenvalue weighted by atomic mass is 10.0. The molecule has 6 nitrogen and oxygen atoms in total. The number of methoxy groups -OCH3 is 1. The zero-order valence-electron chi connectivity index (χ0n) is 21.3. The monoisotopic (exact) mass is 521 g/mol. The second kappa shape index (κ2) is 15.6. The number of carbonyl (C=O) groups is 1. The molecule has 0 saturated carbocycles. The number of hydrogen-bond donors (Lipinski definition) is 1. The van der Waals surface area contributed by atoms with Crippen molar-refractivity contribution in [2.75, 3.05) is 13.7 Å². The van der Waals surface area contributed by atoms with Gasteiger partial charge >= 0.3 is 5.97 Å². The normalized spacial score (nSPS) is 11.9. The SMILES string of the molecule is COc1ccc(CCCCCCCCOc2ccc(CS(=O)c3ccccc3)nc2/C=C/C(=O)O)cc1. The predicted molar refractivity (Wildman–Crippen MR) is 147 cm³/mol. The fourth-order valence-electron chi connectivity index (χ4n) is 3.88. The molecule has 0 amide bonds. The Kier molecular flexibility index (Phi) is 11.9. The minimum Gasteiger partial charge on any atom is -0.497 e. The molecule has 1 aromatic heterocycles. The van der Waals surface area contributed by atoms with Gasteiger partial charge in [0.05, 0.1) is 36.0 Å². The van der Waals surface area contributed by atoms with E-state index in [0.717, 1.165) is 42.4 Å². The molecule has 7 heteroatoms. The van der Waals surface area contributed by atoms with Gasteiger partial charge in [0, 0.05) is 11.0 Å². The van der Waals surface area contributed by atoms with Gasteiger partial charge in [-0.2, -0.15) is 0 Å². The van der Waals surface area contributed by atoms with Crippen molar-refractivity contribution < 1.29 is 23.6 Å². The van der Waals surface area contributed by atoms with E-state index < -0.39 is 16.8 Å². The van der Waals surface area contributed by atoms with Crippen LogP contribution >= 0.6 is 0 Å². The Morgan fingerprint density at radius 1 is 0.919 bits per heavy atom. The largest absolute Gasteiger partial charge is 0.497 e. The lowest BCUT2D eigenvalue weighted by molar-refractivity contribution is -0.131. The summed E-state index contributed by atoms with van der Waals surface area (Å²) in [6.07, 6.45) is 10.3. The number of benzene rings is 2. The number of pyridine rings is 1. The van der Waals surface area contributed by atoms with Crippen LogP contribution in [0.2, 0.25) is 0 Å². The Morgan fingerprint density at radius 3 is 2.32 bits per heavy atom. The molecule has 0 radical (unpaired) electrons. The average molecular weight is 522 g/mol. The topological polar surface area (TPSA) is 85.7 Å². The molecule has 1 unspecified atom stereocenters. The zero-order chi connectivity index (χ0) is 26.3. The molecule has 0 saturated heterocycles. The number of nitrogens with zero attached hydrogens (tertiary/aromatic N) is 1. The average Bonchev–Trinajstić information content (AvgIpc) is 2.92. The van der Waals surface area contributed by atoms with Crippen molar-refractivity contribution in [1.29, 1.82) is 0 Å². The van der Waals surface area contributed by atoms with Crippen LogP contribution in [0, 0.1) is 0 Å². The van der Waals surface area contributed by atoms with Crippen molar-refractivity contribution in [3.63, 3.8) is 0 Å². The van der Waals surface area contributed by atoms with E-state index in [4.69, 9.17) is 14.6 Å².